The Bertz CT molecular complexity index is 568. The molecule has 1 aliphatic rings. The third-order valence-electron chi connectivity index (χ3n) is 2.80. The van der Waals surface area contributed by atoms with Gasteiger partial charge in [-0.15, -0.1) is 0 Å². The lowest BCUT2D eigenvalue weighted by molar-refractivity contribution is 0.0929. The van der Waals surface area contributed by atoms with E-state index in [9.17, 15) is 17.6 Å². The average molecular weight is 321 g/mol. The third kappa shape index (κ3) is 2.74. The first-order valence-corrected chi connectivity index (χ1v) is 7.70. The van der Waals surface area contributed by atoms with E-state index in [1.807, 2.05) is 0 Å². The highest BCUT2D eigenvalue weighted by Crippen LogP contribution is 2.25. The SMILES string of the molecule is O=C(c1cc(Br)ccc1F)C1CCS(=O)(=O)C1. The predicted molar refractivity (Wildman–Crippen MR) is 65.2 cm³/mol. The fourth-order valence-electron chi connectivity index (χ4n) is 1.91. The fraction of sp³-hybridized carbons (Fsp3) is 0.364. The zero-order chi connectivity index (χ0) is 12.6. The van der Waals surface area contributed by atoms with Crippen LogP contribution in [0.15, 0.2) is 22.7 Å². The normalized spacial score (nSPS) is 22.6. The maximum Gasteiger partial charge on any atom is 0.169 e. The second kappa shape index (κ2) is 4.49. The molecular formula is C11H10BrFO3S. The molecule has 1 unspecified atom stereocenters. The smallest absolute Gasteiger partial charge is 0.169 e. The molecule has 17 heavy (non-hydrogen) atoms. The Morgan fingerprint density at radius 3 is 2.71 bits per heavy atom. The number of ketones is 1. The van der Waals surface area contributed by atoms with Crippen molar-refractivity contribution in [2.75, 3.05) is 11.5 Å². The van der Waals surface area contributed by atoms with E-state index in [2.05, 4.69) is 15.9 Å². The molecule has 0 bridgehead atoms. The van der Waals surface area contributed by atoms with Crippen molar-refractivity contribution in [2.24, 2.45) is 5.92 Å². The highest BCUT2D eigenvalue weighted by Gasteiger charge is 2.34. The summed E-state index contributed by atoms with van der Waals surface area (Å²) in [6.45, 7) is 0. The molecule has 1 fully saturated rings. The molecule has 0 aromatic heterocycles. The minimum absolute atomic E-state index is 0.0129. The maximum atomic E-state index is 13.5. The Morgan fingerprint density at radius 1 is 1.41 bits per heavy atom. The lowest BCUT2D eigenvalue weighted by Crippen LogP contribution is -2.17. The van der Waals surface area contributed by atoms with E-state index in [1.54, 1.807) is 0 Å². The second-order valence-corrected chi connectivity index (χ2v) is 7.23. The van der Waals surface area contributed by atoms with Crippen LogP contribution in [0.1, 0.15) is 16.8 Å². The molecule has 1 heterocycles. The Balaban J connectivity index is 2.29. The van der Waals surface area contributed by atoms with Crippen LogP contribution < -0.4 is 0 Å². The molecule has 0 aliphatic carbocycles. The highest BCUT2D eigenvalue weighted by molar-refractivity contribution is 9.10. The lowest BCUT2D eigenvalue weighted by Gasteiger charge is -2.07. The van der Waals surface area contributed by atoms with Gasteiger partial charge in [-0.3, -0.25) is 4.79 Å². The molecular weight excluding hydrogens is 311 g/mol. The topological polar surface area (TPSA) is 51.2 Å². The Kier molecular flexibility index (Phi) is 3.36. The summed E-state index contributed by atoms with van der Waals surface area (Å²) in [6, 6.07) is 4.08. The van der Waals surface area contributed by atoms with Crippen molar-refractivity contribution in [3.8, 4) is 0 Å². The van der Waals surface area contributed by atoms with Crippen LogP contribution in [0, 0.1) is 11.7 Å². The Hall–Kier alpha value is -0.750. The zero-order valence-corrected chi connectivity index (χ0v) is 11.2. The number of halogens is 2. The quantitative estimate of drug-likeness (QED) is 0.785. The van der Waals surface area contributed by atoms with Gasteiger partial charge in [-0.1, -0.05) is 15.9 Å². The molecule has 1 aromatic carbocycles. The molecule has 0 spiro atoms. The van der Waals surface area contributed by atoms with Gasteiger partial charge in [0.25, 0.3) is 0 Å². The van der Waals surface area contributed by atoms with E-state index in [1.165, 1.54) is 18.2 Å². The maximum absolute atomic E-state index is 13.5. The van der Waals surface area contributed by atoms with Gasteiger partial charge in [-0.05, 0) is 24.6 Å². The van der Waals surface area contributed by atoms with Gasteiger partial charge in [0.05, 0.1) is 17.1 Å². The summed E-state index contributed by atoms with van der Waals surface area (Å²) >= 11 is 3.16. The lowest BCUT2D eigenvalue weighted by atomic mass is 9.97. The van der Waals surface area contributed by atoms with Crippen molar-refractivity contribution in [3.05, 3.63) is 34.1 Å². The number of benzene rings is 1. The number of Topliss-reactive ketones (excluding diaryl/α,β-unsaturated/α-hetero) is 1. The van der Waals surface area contributed by atoms with E-state index < -0.39 is 27.4 Å². The monoisotopic (exact) mass is 320 g/mol. The van der Waals surface area contributed by atoms with Crippen LogP contribution in [0.4, 0.5) is 4.39 Å². The van der Waals surface area contributed by atoms with Crippen LogP contribution in [-0.2, 0) is 9.84 Å². The van der Waals surface area contributed by atoms with Crippen LogP contribution >= 0.6 is 15.9 Å². The van der Waals surface area contributed by atoms with Crippen LogP contribution in [-0.4, -0.2) is 25.7 Å². The first kappa shape index (κ1) is 12.7. The van der Waals surface area contributed by atoms with Crippen molar-refractivity contribution < 1.29 is 17.6 Å². The van der Waals surface area contributed by atoms with Crippen molar-refractivity contribution in [1.82, 2.24) is 0 Å². The molecule has 1 atom stereocenters. The molecule has 1 aromatic rings. The third-order valence-corrected chi connectivity index (χ3v) is 5.06. The van der Waals surface area contributed by atoms with Crippen molar-refractivity contribution in [1.29, 1.82) is 0 Å². The Morgan fingerprint density at radius 2 is 2.12 bits per heavy atom. The van der Waals surface area contributed by atoms with E-state index in [-0.39, 0.29) is 23.5 Å². The van der Waals surface area contributed by atoms with Crippen molar-refractivity contribution in [2.45, 2.75) is 6.42 Å². The fourth-order valence-corrected chi connectivity index (χ4v) is 4.01. The van der Waals surface area contributed by atoms with Crippen molar-refractivity contribution >= 4 is 31.6 Å². The number of carbonyl (C=O) groups excluding carboxylic acids is 1. The van der Waals surface area contributed by atoms with Crippen molar-refractivity contribution in [3.63, 3.8) is 0 Å². The molecule has 2 rings (SSSR count). The molecule has 0 saturated carbocycles. The van der Waals surface area contributed by atoms with Crippen LogP contribution in [0.5, 0.6) is 0 Å². The average Bonchev–Trinajstić information content (AvgIpc) is 2.61. The molecule has 0 radical (unpaired) electrons. The summed E-state index contributed by atoms with van der Waals surface area (Å²) in [5.41, 5.74) is -0.0403. The number of carbonyl (C=O) groups is 1. The van der Waals surface area contributed by atoms with Gasteiger partial charge in [0.2, 0.25) is 0 Å². The van der Waals surface area contributed by atoms with E-state index in [0.717, 1.165) is 0 Å². The van der Waals surface area contributed by atoms with E-state index in [0.29, 0.717) is 4.47 Å². The molecule has 6 heteroatoms. The first-order valence-electron chi connectivity index (χ1n) is 5.09. The van der Waals surface area contributed by atoms with Gasteiger partial charge in [-0.25, -0.2) is 12.8 Å². The largest absolute Gasteiger partial charge is 0.294 e. The molecule has 0 amide bonds. The summed E-state index contributed by atoms with van der Waals surface area (Å²) in [5, 5.41) is 0. The summed E-state index contributed by atoms with van der Waals surface area (Å²) in [5.74, 6) is -1.80. The van der Waals surface area contributed by atoms with Gasteiger partial charge in [0.15, 0.2) is 15.6 Å². The summed E-state index contributed by atoms with van der Waals surface area (Å²) in [7, 11) is -3.13. The minimum Gasteiger partial charge on any atom is -0.294 e. The Labute approximate surface area is 107 Å². The number of hydrogen-bond acceptors (Lipinski definition) is 3. The van der Waals surface area contributed by atoms with Crippen LogP contribution in [0.2, 0.25) is 0 Å². The summed E-state index contributed by atoms with van der Waals surface area (Å²) in [4.78, 5) is 12.0. The second-order valence-electron chi connectivity index (χ2n) is 4.09. The first-order chi connectivity index (χ1) is 7.89. The zero-order valence-electron chi connectivity index (χ0n) is 8.82. The molecule has 3 nitrogen and oxygen atoms in total. The minimum atomic E-state index is -3.13. The predicted octanol–water partition coefficient (Wildman–Crippen LogP) is 2.21. The standard InChI is InChI=1S/C11H10BrFO3S/c12-8-1-2-10(13)9(5-8)11(14)7-3-4-17(15,16)6-7/h1-2,5,7H,3-4,6H2. The van der Waals surface area contributed by atoms with Gasteiger partial charge in [0, 0.05) is 10.4 Å². The van der Waals surface area contributed by atoms with E-state index >= 15 is 0 Å². The van der Waals surface area contributed by atoms with Crippen LogP contribution in [0.3, 0.4) is 0 Å². The summed E-state index contributed by atoms with van der Waals surface area (Å²) < 4.78 is 36.6. The van der Waals surface area contributed by atoms with Gasteiger partial charge >= 0.3 is 0 Å². The number of rotatable bonds is 2. The van der Waals surface area contributed by atoms with E-state index in [4.69, 9.17) is 0 Å². The van der Waals surface area contributed by atoms with Gasteiger partial charge in [0.1, 0.15) is 5.82 Å². The molecule has 1 saturated heterocycles. The molecule has 0 N–H and O–H groups in total. The van der Waals surface area contributed by atoms with Gasteiger partial charge in [-0.2, -0.15) is 0 Å². The van der Waals surface area contributed by atoms with Gasteiger partial charge < -0.3 is 0 Å². The molecule has 92 valence electrons. The van der Waals surface area contributed by atoms with Crippen LogP contribution in [0.25, 0.3) is 0 Å². The highest BCUT2D eigenvalue weighted by atomic mass is 79.9. The molecule has 1 aliphatic heterocycles. The summed E-state index contributed by atoms with van der Waals surface area (Å²) in [6.07, 6.45) is 0.285. The number of hydrogen-bond donors (Lipinski definition) is 0. The number of sulfone groups is 1.